The van der Waals surface area contributed by atoms with E-state index in [2.05, 4.69) is 22.0 Å². The molecule has 1 aliphatic heterocycles. The van der Waals surface area contributed by atoms with E-state index >= 15 is 0 Å². The molecule has 0 spiro atoms. The van der Waals surface area contributed by atoms with Gasteiger partial charge in [-0.05, 0) is 74.8 Å². The summed E-state index contributed by atoms with van der Waals surface area (Å²) in [5, 5.41) is 3.85. The summed E-state index contributed by atoms with van der Waals surface area (Å²) < 4.78 is 19.7. The molecular formula is C30H39N3O4. The summed E-state index contributed by atoms with van der Waals surface area (Å²) in [6, 6.07) is 14.5. The summed E-state index contributed by atoms with van der Waals surface area (Å²) in [6.07, 6.45) is 5.17. The Kier molecular flexibility index (Phi) is 7.08. The topological polar surface area (TPSA) is 87.7 Å². The van der Waals surface area contributed by atoms with Crippen molar-refractivity contribution in [1.82, 2.24) is 4.57 Å². The van der Waals surface area contributed by atoms with Crippen molar-refractivity contribution in [1.29, 1.82) is 0 Å². The Balaban J connectivity index is 1.39. The fraction of sp³-hybridized carbons (Fsp3) is 0.500. The lowest BCUT2D eigenvalue weighted by molar-refractivity contribution is 0.0527. The number of amides is 1. The number of nitrogens with two attached hydrogens (primary N) is 1. The second-order valence-electron chi connectivity index (χ2n) is 11.5. The van der Waals surface area contributed by atoms with Gasteiger partial charge in [0, 0.05) is 29.3 Å². The Morgan fingerprint density at radius 3 is 2.51 bits per heavy atom. The lowest BCUT2D eigenvalue weighted by Gasteiger charge is -2.30. The standard InChI is InChI=1S/C30H39N3O4/c1-19(30(2,3)4)37-29(34)32-21-12-10-20(11-13-21)28-27(31)25-17-23(36-18-24-9-6-16-35-24)14-15-26(25)33(28)22-7-5-8-22/h10-15,17,19,22,24H,5-9,16,18,31H2,1-4H3,(H,32,34). The van der Waals surface area contributed by atoms with E-state index in [-0.39, 0.29) is 17.6 Å². The third-order valence-electron chi connectivity index (χ3n) is 7.82. The first-order chi connectivity index (χ1) is 17.7. The quantitative estimate of drug-likeness (QED) is 0.356. The highest BCUT2D eigenvalue weighted by Crippen LogP contribution is 2.45. The van der Waals surface area contributed by atoms with Crippen molar-refractivity contribution in [2.24, 2.45) is 5.41 Å². The Hall–Kier alpha value is -3.19. The van der Waals surface area contributed by atoms with Crippen molar-refractivity contribution in [3.8, 4) is 17.0 Å². The number of hydrogen-bond acceptors (Lipinski definition) is 5. The molecule has 1 saturated heterocycles. The number of carbonyl (C=O) groups excluding carboxylic acids is 1. The molecule has 198 valence electrons. The zero-order valence-electron chi connectivity index (χ0n) is 22.4. The number of aromatic nitrogens is 1. The predicted molar refractivity (Wildman–Crippen MR) is 148 cm³/mol. The number of anilines is 2. The fourth-order valence-corrected chi connectivity index (χ4v) is 4.89. The molecule has 7 nitrogen and oxygen atoms in total. The first-order valence-corrected chi connectivity index (χ1v) is 13.5. The van der Waals surface area contributed by atoms with E-state index in [4.69, 9.17) is 19.9 Å². The second-order valence-corrected chi connectivity index (χ2v) is 11.5. The normalized spacial score (nSPS) is 19.0. The maximum absolute atomic E-state index is 12.4. The monoisotopic (exact) mass is 505 g/mol. The van der Waals surface area contributed by atoms with Gasteiger partial charge in [-0.25, -0.2) is 4.79 Å². The minimum absolute atomic E-state index is 0.122. The predicted octanol–water partition coefficient (Wildman–Crippen LogP) is 7.16. The van der Waals surface area contributed by atoms with Crippen molar-refractivity contribution in [2.45, 2.75) is 78.0 Å². The third-order valence-corrected chi connectivity index (χ3v) is 7.82. The van der Waals surface area contributed by atoms with Crippen LogP contribution in [0.1, 0.15) is 65.8 Å². The molecule has 3 aromatic rings. The van der Waals surface area contributed by atoms with Gasteiger partial charge in [-0.15, -0.1) is 0 Å². The number of benzene rings is 2. The number of nitrogens with zero attached hydrogens (tertiary/aromatic N) is 1. The molecule has 1 aromatic heterocycles. The number of fused-ring (bicyclic) bond motifs is 1. The van der Waals surface area contributed by atoms with Gasteiger partial charge in [-0.1, -0.05) is 32.9 Å². The van der Waals surface area contributed by atoms with Crippen LogP contribution in [0.2, 0.25) is 0 Å². The fourth-order valence-electron chi connectivity index (χ4n) is 4.89. The van der Waals surface area contributed by atoms with Gasteiger partial charge in [0.05, 0.1) is 23.0 Å². The van der Waals surface area contributed by atoms with E-state index in [0.29, 0.717) is 18.3 Å². The molecule has 5 rings (SSSR count). The molecule has 2 aliphatic rings. The van der Waals surface area contributed by atoms with Crippen LogP contribution in [-0.2, 0) is 9.47 Å². The van der Waals surface area contributed by atoms with Gasteiger partial charge in [-0.3, -0.25) is 5.32 Å². The van der Waals surface area contributed by atoms with Gasteiger partial charge in [0.2, 0.25) is 0 Å². The van der Waals surface area contributed by atoms with E-state index in [1.807, 2.05) is 58.0 Å². The van der Waals surface area contributed by atoms with Crippen LogP contribution in [-0.4, -0.2) is 36.1 Å². The lowest BCUT2D eigenvalue weighted by Crippen LogP contribution is -2.30. The highest BCUT2D eigenvalue weighted by atomic mass is 16.6. The highest BCUT2D eigenvalue weighted by molar-refractivity contribution is 6.02. The molecule has 2 atom stereocenters. The van der Waals surface area contributed by atoms with Gasteiger partial charge >= 0.3 is 6.09 Å². The average Bonchev–Trinajstić information content (AvgIpc) is 3.43. The molecule has 2 unspecified atom stereocenters. The zero-order chi connectivity index (χ0) is 26.2. The summed E-state index contributed by atoms with van der Waals surface area (Å²) >= 11 is 0. The van der Waals surface area contributed by atoms with E-state index < -0.39 is 6.09 Å². The number of rotatable bonds is 7. The largest absolute Gasteiger partial charge is 0.491 e. The van der Waals surface area contributed by atoms with Crippen LogP contribution < -0.4 is 15.8 Å². The number of nitrogen functional groups attached to an aromatic ring is 1. The molecule has 1 aliphatic carbocycles. The Bertz CT molecular complexity index is 1250. The minimum atomic E-state index is -0.450. The van der Waals surface area contributed by atoms with E-state index in [0.717, 1.165) is 65.9 Å². The van der Waals surface area contributed by atoms with Crippen molar-refractivity contribution in [2.75, 3.05) is 24.3 Å². The number of hydrogen-bond donors (Lipinski definition) is 2. The summed E-state index contributed by atoms with van der Waals surface area (Å²) in [6.45, 7) is 9.43. The second kappa shape index (κ2) is 10.3. The summed E-state index contributed by atoms with van der Waals surface area (Å²) in [7, 11) is 0. The highest BCUT2D eigenvalue weighted by Gasteiger charge is 2.28. The molecule has 1 saturated carbocycles. The third kappa shape index (κ3) is 5.42. The first kappa shape index (κ1) is 25.5. The number of ether oxygens (including phenoxy) is 3. The van der Waals surface area contributed by atoms with Crippen LogP contribution in [0.3, 0.4) is 0 Å². The van der Waals surface area contributed by atoms with Gasteiger partial charge in [-0.2, -0.15) is 0 Å². The van der Waals surface area contributed by atoms with Crippen LogP contribution in [0.15, 0.2) is 42.5 Å². The zero-order valence-corrected chi connectivity index (χ0v) is 22.4. The molecule has 1 amide bonds. The molecule has 0 bridgehead atoms. The molecule has 3 N–H and O–H groups in total. The Labute approximate surface area is 219 Å². The van der Waals surface area contributed by atoms with Crippen molar-refractivity contribution in [3.63, 3.8) is 0 Å². The summed E-state index contributed by atoms with van der Waals surface area (Å²) in [5.74, 6) is 0.814. The minimum Gasteiger partial charge on any atom is -0.491 e. The van der Waals surface area contributed by atoms with Gasteiger partial charge in [0.1, 0.15) is 18.5 Å². The van der Waals surface area contributed by atoms with Crippen molar-refractivity contribution in [3.05, 3.63) is 42.5 Å². The van der Waals surface area contributed by atoms with Crippen molar-refractivity contribution < 1.29 is 19.0 Å². The van der Waals surface area contributed by atoms with Crippen LogP contribution in [0, 0.1) is 5.41 Å². The van der Waals surface area contributed by atoms with Crippen LogP contribution in [0.25, 0.3) is 22.2 Å². The SMILES string of the molecule is CC(OC(=O)Nc1ccc(-c2c(N)c3cc(OCC4CCCO4)ccc3n2C2CCC2)cc1)C(C)(C)C. The van der Waals surface area contributed by atoms with Crippen LogP contribution >= 0.6 is 0 Å². The van der Waals surface area contributed by atoms with E-state index in [9.17, 15) is 4.79 Å². The number of carbonyl (C=O) groups is 1. The Morgan fingerprint density at radius 1 is 1.14 bits per heavy atom. The van der Waals surface area contributed by atoms with Crippen LogP contribution in [0.4, 0.5) is 16.2 Å². The number of nitrogens with one attached hydrogen (secondary N) is 1. The molecule has 37 heavy (non-hydrogen) atoms. The Morgan fingerprint density at radius 2 is 1.89 bits per heavy atom. The average molecular weight is 506 g/mol. The molecule has 2 aromatic carbocycles. The summed E-state index contributed by atoms with van der Waals surface area (Å²) in [5.41, 5.74) is 11.3. The van der Waals surface area contributed by atoms with E-state index in [1.54, 1.807) is 0 Å². The smallest absolute Gasteiger partial charge is 0.411 e. The molecule has 2 fully saturated rings. The van der Waals surface area contributed by atoms with E-state index in [1.165, 1.54) is 6.42 Å². The molecule has 7 heteroatoms. The maximum atomic E-state index is 12.4. The maximum Gasteiger partial charge on any atom is 0.411 e. The first-order valence-electron chi connectivity index (χ1n) is 13.5. The van der Waals surface area contributed by atoms with Gasteiger partial charge < -0.3 is 24.5 Å². The van der Waals surface area contributed by atoms with Crippen LogP contribution in [0.5, 0.6) is 5.75 Å². The lowest BCUT2D eigenvalue weighted by atomic mass is 9.90. The molecule has 0 radical (unpaired) electrons. The molecule has 2 heterocycles. The molecular weight excluding hydrogens is 466 g/mol. The van der Waals surface area contributed by atoms with Crippen molar-refractivity contribution >= 4 is 28.4 Å². The van der Waals surface area contributed by atoms with Gasteiger partial charge in [0.15, 0.2) is 0 Å². The summed E-state index contributed by atoms with van der Waals surface area (Å²) in [4.78, 5) is 12.4. The van der Waals surface area contributed by atoms with Gasteiger partial charge in [0.25, 0.3) is 0 Å².